The summed E-state index contributed by atoms with van der Waals surface area (Å²) < 4.78 is 5.44. The van der Waals surface area contributed by atoms with Crippen molar-refractivity contribution in [2.75, 3.05) is 19.7 Å². The number of piperidine rings is 1. The van der Waals surface area contributed by atoms with E-state index in [0.717, 1.165) is 31.5 Å². The van der Waals surface area contributed by atoms with Crippen LogP contribution in [-0.4, -0.2) is 39.8 Å². The molecular weight excluding hydrogens is 266 g/mol. The standard InChI is InChI=1S/C16H21N3O2/c1-12(19-9-7-13(11-20)8-10-19)16-17-15(18-21-16)14-5-3-2-4-6-14/h2-6,12-13,20H,7-11H2,1H3. The zero-order valence-corrected chi connectivity index (χ0v) is 12.3. The fraction of sp³-hybridized carbons (Fsp3) is 0.500. The Balaban J connectivity index is 1.69. The summed E-state index contributed by atoms with van der Waals surface area (Å²) in [6.45, 7) is 4.33. The topological polar surface area (TPSA) is 62.4 Å². The van der Waals surface area contributed by atoms with Gasteiger partial charge in [-0.2, -0.15) is 4.98 Å². The van der Waals surface area contributed by atoms with Gasteiger partial charge in [0, 0.05) is 12.2 Å². The minimum absolute atomic E-state index is 0.120. The summed E-state index contributed by atoms with van der Waals surface area (Å²) in [4.78, 5) is 6.87. The second-order valence-corrected chi connectivity index (χ2v) is 5.66. The minimum atomic E-state index is 0.120. The van der Waals surface area contributed by atoms with E-state index in [1.807, 2.05) is 30.3 Å². The van der Waals surface area contributed by atoms with E-state index < -0.39 is 0 Å². The molecule has 0 bridgehead atoms. The van der Waals surface area contributed by atoms with Gasteiger partial charge in [0.05, 0.1) is 6.04 Å². The van der Waals surface area contributed by atoms with Crippen molar-refractivity contribution in [3.05, 3.63) is 36.2 Å². The van der Waals surface area contributed by atoms with E-state index in [9.17, 15) is 5.11 Å². The summed E-state index contributed by atoms with van der Waals surface area (Å²) in [5, 5.41) is 13.3. The fourth-order valence-electron chi connectivity index (χ4n) is 2.79. The highest BCUT2D eigenvalue weighted by atomic mass is 16.5. The SMILES string of the molecule is CC(c1nc(-c2ccccc2)no1)N1CCC(CO)CC1. The van der Waals surface area contributed by atoms with Crippen molar-refractivity contribution in [3.63, 3.8) is 0 Å². The molecule has 2 aromatic rings. The van der Waals surface area contributed by atoms with Crippen LogP contribution in [0.3, 0.4) is 0 Å². The van der Waals surface area contributed by atoms with Gasteiger partial charge >= 0.3 is 0 Å². The lowest BCUT2D eigenvalue weighted by Gasteiger charge is -2.33. The van der Waals surface area contributed by atoms with Crippen LogP contribution in [0.15, 0.2) is 34.9 Å². The summed E-state index contributed by atoms with van der Waals surface area (Å²) in [5.74, 6) is 1.75. The molecule has 1 unspecified atom stereocenters. The van der Waals surface area contributed by atoms with Crippen LogP contribution in [0.25, 0.3) is 11.4 Å². The van der Waals surface area contributed by atoms with Crippen LogP contribution in [0, 0.1) is 5.92 Å². The first kappa shape index (κ1) is 14.2. The highest BCUT2D eigenvalue weighted by Crippen LogP contribution is 2.26. The maximum atomic E-state index is 9.20. The Morgan fingerprint density at radius 2 is 2.00 bits per heavy atom. The number of aromatic nitrogens is 2. The monoisotopic (exact) mass is 287 g/mol. The second-order valence-electron chi connectivity index (χ2n) is 5.66. The molecular formula is C16H21N3O2. The van der Waals surface area contributed by atoms with Gasteiger partial charge in [0.15, 0.2) is 0 Å². The van der Waals surface area contributed by atoms with Crippen LogP contribution < -0.4 is 0 Å². The third-order valence-electron chi connectivity index (χ3n) is 4.29. The van der Waals surface area contributed by atoms with Crippen molar-refractivity contribution in [2.24, 2.45) is 5.92 Å². The van der Waals surface area contributed by atoms with Gasteiger partial charge in [-0.25, -0.2) is 0 Å². The van der Waals surface area contributed by atoms with Crippen molar-refractivity contribution >= 4 is 0 Å². The van der Waals surface area contributed by atoms with Crippen molar-refractivity contribution in [2.45, 2.75) is 25.8 Å². The lowest BCUT2D eigenvalue weighted by Crippen LogP contribution is -2.36. The van der Waals surface area contributed by atoms with Crippen LogP contribution >= 0.6 is 0 Å². The van der Waals surface area contributed by atoms with Gasteiger partial charge < -0.3 is 9.63 Å². The van der Waals surface area contributed by atoms with Gasteiger partial charge in [-0.1, -0.05) is 35.5 Å². The molecule has 0 spiro atoms. The zero-order chi connectivity index (χ0) is 14.7. The van der Waals surface area contributed by atoms with Gasteiger partial charge in [-0.3, -0.25) is 4.90 Å². The minimum Gasteiger partial charge on any atom is -0.396 e. The van der Waals surface area contributed by atoms with E-state index in [0.29, 0.717) is 24.2 Å². The third kappa shape index (κ3) is 3.14. The molecule has 0 amide bonds. The smallest absolute Gasteiger partial charge is 0.244 e. The number of aliphatic hydroxyl groups is 1. The van der Waals surface area contributed by atoms with E-state index in [1.54, 1.807) is 0 Å². The third-order valence-corrected chi connectivity index (χ3v) is 4.29. The molecule has 1 aromatic carbocycles. The molecule has 1 saturated heterocycles. The van der Waals surface area contributed by atoms with Gasteiger partial charge in [0.2, 0.25) is 11.7 Å². The lowest BCUT2D eigenvalue weighted by molar-refractivity contribution is 0.0929. The van der Waals surface area contributed by atoms with Gasteiger partial charge in [0.25, 0.3) is 0 Å². The largest absolute Gasteiger partial charge is 0.396 e. The van der Waals surface area contributed by atoms with Crippen molar-refractivity contribution in [3.8, 4) is 11.4 Å². The van der Waals surface area contributed by atoms with Crippen LogP contribution in [0.2, 0.25) is 0 Å². The predicted octanol–water partition coefficient (Wildman–Crippen LogP) is 2.50. The molecule has 5 heteroatoms. The quantitative estimate of drug-likeness (QED) is 0.936. The highest BCUT2D eigenvalue weighted by molar-refractivity contribution is 5.53. The maximum Gasteiger partial charge on any atom is 0.244 e. The van der Waals surface area contributed by atoms with Crippen LogP contribution in [0.5, 0.6) is 0 Å². The number of hydrogen-bond donors (Lipinski definition) is 1. The van der Waals surface area contributed by atoms with Crippen molar-refractivity contribution in [1.82, 2.24) is 15.0 Å². The fourth-order valence-corrected chi connectivity index (χ4v) is 2.79. The summed E-state index contributed by atoms with van der Waals surface area (Å²) in [5.41, 5.74) is 0.971. The summed E-state index contributed by atoms with van der Waals surface area (Å²) in [6.07, 6.45) is 2.06. The zero-order valence-electron chi connectivity index (χ0n) is 12.3. The Bertz CT molecular complexity index is 562. The van der Waals surface area contributed by atoms with E-state index in [4.69, 9.17) is 4.52 Å². The molecule has 0 aliphatic carbocycles. The molecule has 1 aliphatic heterocycles. The predicted molar refractivity (Wildman–Crippen MR) is 79.5 cm³/mol. The van der Waals surface area contributed by atoms with E-state index in [2.05, 4.69) is 22.0 Å². The molecule has 0 radical (unpaired) electrons. The second kappa shape index (κ2) is 6.37. The lowest BCUT2D eigenvalue weighted by atomic mass is 9.97. The molecule has 1 aromatic heterocycles. The highest BCUT2D eigenvalue weighted by Gasteiger charge is 2.26. The maximum absolute atomic E-state index is 9.20. The molecule has 112 valence electrons. The number of aliphatic hydroxyl groups excluding tert-OH is 1. The molecule has 21 heavy (non-hydrogen) atoms. The van der Waals surface area contributed by atoms with E-state index >= 15 is 0 Å². The Morgan fingerprint density at radius 1 is 1.29 bits per heavy atom. The number of rotatable bonds is 4. The number of likely N-dealkylation sites (tertiary alicyclic amines) is 1. The Kier molecular flexibility index (Phi) is 4.31. The Labute approximate surface area is 124 Å². The van der Waals surface area contributed by atoms with E-state index in [1.165, 1.54) is 0 Å². The van der Waals surface area contributed by atoms with Crippen LogP contribution in [-0.2, 0) is 0 Å². The summed E-state index contributed by atoms with van der Waals surface area (Å²) in [7, 11) is 0. The molecule has 0 saturated carbocycles. The number of hydrogen-bond acceptors (Lipinski definition) is 5. The first-order valence-electron chi connectivity index (χ1n) is 7.52. The van der Waals surface area contributed by atoms with Crippen LogP contribution in [0.1, 0.15) is 31.7 Å². The molecule has 1 aliphatic rings. The molecule has 3 rings (SSSR count). The van der Waals surface area contributed by atoms with Gasteiger partial charge in [0.1, 0.15) is 0 Å². The average Bonchev–Trinajstić information content (AvgIpc) is 3.05. The number of nitrogens with zero attached hydrogens (tertiary/aromatic N) is 3. The molecule has 5 nitrogen and oxygen atoms in total. The normalized spacial score (nSPS) is 18.8. The Morgan fingerprint density at radius 3 is 2.67 bits per heavy atom. The van der Waals surface area contributed by atoms with Gasteiger partial charge in [-0.15, -0.1) is 0 Å². The molecule has 1 N–H and O–H groups in total. The van der Waals surface area contributed by atoms with Crippen molar-refractivity contribution in [1.29, 1.82) is 0 Å². The van der Waals surface area contributed by atoms with Crippen molar-refractivity contribution < 1.29 is 9.63 Å². The molecule has 1 fully saturated rings. The first-order chi connectivity index (χ1) is 10.3. The van der Waals surface area contributed by atoms with E-state index in [-0.39, 0.29) is 6.04 Å². The summed E-state index contributed by atoms with van der Waals surface area (Å²) >= 11 is 0. The summed E-state index contributed by atoms with van der Waals surface area (Å²) in [6, 6.07) is 9.98. The molecule has 2 heterocycles. The van der Waals surface area contributed by atoms with Gasteiger partial charge in [-0.05, 0) is 38.8 Å². The Hall–Kier alpha value is -1.72. The van der Waals surface area contributed by atoms with Crippen LogP contribution in [0.4, 0.5) is 0 Å². The number of benzene rings is 1. The first-order valence-corrected chi connectivity index (χ1v) is 7.52. The molecule has 1 atom stereocenters. The average molecular weight is 287 g/mol.